The van der Waals surface area contributed by atoms with Gasteiger partial charge in [0, 0.05) is 11.3 Å². The summed E-state index contributed by atoms with van der Waals surface area (Å²) in [7, 11) is 0. The fourth-order valence-electron chi connectivity index (χ4n) is 0.785. The molecule has 0 saturated carbocycles. The molecule has 0 unspecified atom stereocenters. The second kappa shape index (κ2) is 4.66. The molecule has 0 atom stereocenters. The van der Waals surface area contributed by atoms with E-state index in [9.17, 15) is 0 Å². The van der Waals surface area contributed by atoms with Crippen molar-refractivity contribution in [1.82, 2.24) is 0 Å². The van der Waals surface area contributed by atoms with E-state index in [1.165, 1.54) is 0 Å². The Morgan fingerprint density at radius 3 is 2.50 bits per heavy atom. The molecule has 0 aromatic heterocycles. The molecule has 1 aromatic carbocycles. The van der Waals surface area contributed by atoms with Crippen molar-refractivity contribution in [3.63, 3.8) is 0 Å². The third-order valence-electron chi connectivity index (χ3n) is 1.35. The van der Waals surface area contributed by atoms with Gasteiger partial charge < -0.3 is 5.43 Å². The summed E-state index contributed by atoms with van der Waals surface area (Å²) in [6.45, 7) is 0. The van der Waals surface area contributed by atoms with E-state index in [2.05, 4.69) is 17.3 Å². The van der Waals surface area contributed by atoms with Crippen molar-refractivity contribution < 1.29 is 0 Å². The fraction of sp³-hybridized carbons (Fsp3) is 0.111. The van der Waals surface area contributed by atoms with E-state index in [1.807, 2.05) is 24.3 Å². The largest absolute Gasteiger partial charge is 0.324 e. The topological polar surface area (TPSA) is 38.0 Å². The second-order valence-electron chi connectivity index (χ2n) is 2.16. The Morgan fingerprint density at radius 1 is 1.33 bits per heavy atom. The van der Waals surface area contributed by atoms with Gasteiger partial charge in [0.2, 0.25) is 0 Å². The number of hydrogen-bond acceptors (Lipinski definition) is 2. The van der Waals surface area contributed by atoms with E-state index in [1.54, 1.807) is 0 Å². The SMILES string of the molecule is NNc1ccc(C#CCCl)cc1. The Kier molecular flexibility index (Phi) is 3.46. The van der Waals surface area contributed by atoms with E-state index < -0.39 is 0 Å². The monoisotopic (exact) mass is 180 g/mol. The first kappa shape index (κ1) is 8.92. The number of alkyl halides is 1. The standard InChI is InChI=1S/C9H9ClN2/c10-7-1-2-8-3-5-9(12-11)6-4-8/h3-6,12H,7,11H2. The third-order valence-corrected chi connectivity index (χ3v) is 1.48. The van der Waals surface area contributed by atoms with E-state index in [0.717, 1.165) is 11.3 Å². The average molecular weight is 181 g/mol. The molecule has 1 aromatic rings. The van der Waals surface area contributed by atoms with Crippen LogP contribution in [0.4, 0.5) is 5.69 Å². The van der Waals surface area contributed by atoms with E-state index in [0.29, 0.717) is 5.88 Å². The first-order valence-corrected chi connectivity index (χ1v) is 4.02. The summed E-state index contributed by atoms with van der Waals surface area (Å²) in [5, 5.41) is 0. The molecule has 12 heavy (non-hydrogen) atoms. The number of nitrogens with two attached hydrogens (primary N) is 1. The number of nitrogen functional groups attached to an aromatic ring is 1. The van der Waals surface area contributed by atoms with Crippen LogP contribution in [0.1, 0.15) is 5.56 Å². The summed E-state index contributed by atoms with van der Waals surface area (Å²) in [6.07, 6.45) is 0. The molecule has 3 N–H and O–H groups in total. The van der Waals surface area contributed by atoms with Crippen LogP contribution in [-0.4, -0.2) is 5.88 Å². The first-order valence-electron chi connectivity index (χ1n) is 3.48. The highest BCUT2D eigenvalue weighted by Gasteiger charge is 1.87. The maximum atomic E-state index is 5.40. The van der Waals surface area contributed by atoms with Crippen LogP contribution in [-0.2, 0) is 0 Å². The third kappa shape index (κ3) is 2.46. The molecule has 2 nitrogen and oxygen atoms in total. The summed E-state index contributed by atoms with van der Waals surface area (Å²) < 4.78 is 0. The van der Waals surface area contributed by atoms with Gasteiger partial charge in [-0.3, -0.25) is 5.84 Å². The van der Waals surface area contributed by atoms with Crippen molar-refractivity contribution >= 4 is 17.3 Å². The summed E-state index contributed by atoms with van der Waals surface area (Å²) in [4.78, 5) is 0. The summed E-state index contributed by atoms with van der Waals surface area (Å²) in [5.74, 6) is 11.2. The Labute approximate surface area is 76.7 Å². The van der Waals surface area contributed by atoms with Crippen molar-refractivity contribution in [1.29, 1.82) is 0 Å². The van der Waals surface area contributed by atoms with Gasteiger partial charge in [0.25, 0.3) is 0 Å². The Balaban J connectivity index is 2.78. The highest BCUT2D eigenvalue weighted by Crippen LogP contribution is 2.06. The van der Waals surface area contributed by atoms with Crippen LogP contribution in [0.2, 0.25) is 0 Å². The van der Waals surface area contributed by atoms with Gasteiger partial charge in [-0.2, -0.15) is 0 Å². The van der Waals surface area contributed by atoms with Crippen molar-refractivity contribution in [2.24, 2.45) is 5.84 Å². The van der Waals surface area contributed by atoms with Gasteiger partial charge in [-0.05, 0) is 24.3 Å². The average Bonchev–Trinajstić information content (AvgIpc) is 2.15. The van der Waals surface area contributed by atoms with Crippen molar-refractivity contribution in [2.75, 3.05) is 11.3 Å². The van der Waals surface area contributed by atoms with Crippen LogP contribution < -0.4 is 11.3 Å². The first-order chi connectivity index (χ1) is 5.86. The highest BCUT2D eigenvalue weighted by molar-refractivity contribution is 6.19. The van der Waals surface area contributed by atoms with Crippen molar-refractivity contribution in [2.45, 2.75) is 0 Å². The summed E-state index contributed by atoms with van der Waals surface area (Å²) in [6, 6.07) is 7.49. The molecular formula is C9H9ClN2. The molecule has 0 fully saturated rings. The molecule has 0 aliphatic carbocycles. The Morgan fingerprint density at radius 2 is 2.00 bits per heavy atom. The van der Waals surface area contributed by atoms with Crippen LogP contribution in [0.3, 0.4) is 0 Å². The van der Waals surface area contributed by atoms with Gasteiger partial charge in [-0.15, -0.1) is 11.6 Å². The number of hydrazine groups is 1. The molecule has 0 amide bonds. The lowest BCUT2D eigenvalue weighted by atomic mass is 10.2. The maximum Gasteiger partial charge on any atom is 0.0839 e. The Hall–Kier alpha value is -1.17. The van der Waals surface area contributed by atoms with E-state index in [-0.39, 0.29) is 0 Å². The zero-order valence-corrected chi connectivity index (χ0v) is 7.23. The number of anilines is 1. The lowest BCUT2D eigenvalue weighted by Gasteiger charge is -1.97. The molecule has 62 valence electrons. The lowest BCUT2D eigenvalue weighted by molar-refractivity contribution is 1.35. The molecular weight excluding hydrogens is 172 g/mol. The van der Waals surface area contributed by atoms with E-state index in [4.69, 9.17) is 17.4 Å². The summed E-state index contributed by atoms with van der Waals surface area (Å²) in [5.41, 5.74) is 4.34. The van der Waals surface area contributed by atoms with Crippen LogP contribution in [0.25, 0.3) is 0 Å². The number of hydrogen-bond donors (Lipinski definition) is 2. The van der Waals surface area contributed by atoms with Crippen LogP contribution in [0, 0.1) is 11.8 Å². The normalized spacial score (nSPS) is 8.50. The molecule has 3 heteroatoms. The smallest absolute Gasteiger partial charge is 0.0839 e. The van der Waals surface area contributed by atoms with Gasteiger partial charge in [-0.25, -0.2) is 0 Å². The van der Waals surface area contributed by atoms with Crippen LogP contribution in [0.15, 0.2) is 24.3 Å². The molecule has 0 spiro atoms. The minimum absolute atomic E-state index is 0.358. The van der Waals surface area contributed by atoms with Crippen LogP contribution >= 0.6 is 11.6 Å². The van der Waals surface area contributed by atoms with Gasteiger partial charge in [-0.1, -0.05) is 11.8 Å². The molecule has 1 rings (SSSR count). The number of rotatable bonds is 1. The van der Waals surface area contributed by atoms with Crippen molar-refractivity contribution in [3.05, 3.63) is 29.8 Å². The van der Waals surface area contributed by atoms with Gasteiger partial charge in [0.05, 0.1) is 5.88 Å². The molecule has 0 saturated heterocycles. The molecule has 0 heterocycles. The predicted octanol–water partition coefficient (Wildman–Crippen LogP) is 1.56. The highest BCUT2D eigenvalue weighted by atomic mass is 35.5. The lowest BCUT2D eigenvalue weighted by Crippen LogP contribution is -2.05. The fourth-order valence-corrected chi connectivity index (χ4v) is 0.852. The Bertz CT molecular complexity index is 295. The zero-order valence-electron chi connectivity index (χ0n) is 6.47. The molecule has 0 radical (unpaired) electrons. The predicted molar refractivity (Wildman–Crippen MR) is 51.9 cm³/mol. The van der Waals surface area contributed by atoms with E-state index >= 15 is 0 Å². The number of nitrogens with one attached hydrogen (secondary N) is 1. The quantitative estimate of drug-likeness (QED) is 0.298. The molecule has 0 aliphatic rings. The number of benzene rings is 1. The summed E-state index contributed by atoms with van der Waals surface area (Å²) >= 11 is 5.40. The van der Waals surface area contributed by atoms with Gasteiger partial charge >= 0.3 is 0 Å². The van der Waals surface area contributed by atoms with Crippen molar-refractivity contribution in [3.8, 4) is 11.8 Å². The van der Waals surface area contributed by atoms with Gasteiger partial charge in [0.1, 0.15) is 0 Å². The van der Waals surface area contributed by atoms with Gasteiger partial charge in [0.15, 0.2) is 0 Å². The maximum absolute atomic E-state index is 5.40. The number of halogens is 1. The zero-order chi connectivity index (χ0) is 8.81. The molecule has 0 bridgehead atoms. The minimum Gasteiger partial charge on any atom is -0.324 e. The minimum atomic E-state index is 0.358. The van der Waals surface area contributed by atoms with Crippen LogP contribution in [0.5, 0.6) is 0 Å². The second-order valence-corrected chi connectivity index (χ2v) is 2.42. The molecule has 0 aliphatic heterocycles.